The van der Waals surface area contributed by atoms with E-state index in [9.17, 15) is 4.39 Å². The number of hydrogen-bond acceptors (Lipinski definition) is 2. The van der Waals surface area contributed by atoms with E-state index in [-0.39, 0.29) is 5.82 Å². The molecule has 0 aliphatic rings. The Balaban J connectivity index is 2.33. The fourth-order valence-corrected chi connectivity index (χ4v) is 1.78. The van der Waals surface area contributed by atoms with E-state index in [1.165, 1.54) is 12.3 Å². The van der Waals surface area contributed by atoms with Crippen molar-refractivity contribution in [2.45, 2.75) is 6.42 Å². The Hall–Kier alpha value is -1.16. The van der Waals surface area contributed by atoms with Crippen molar-refractivity contribution in [2.75, 3.05) is 5.33 Å². The van der Waals surface area contributed by atoms with Crippen LogP contribution in [0.4, 0.5) is 4.39 Å². The van der Waals surface area contributed by atoms with Gasteiger partial charge in [-0.15, -0.1) is 0 Å². The van der Waals surface area contributed by atoms with E-state index in [4.69, 9.17) is 4.42 Å². The van der Waals surface area contributed by atoms with Gasteiger partial charge in [-0.25, -0.2) is 9.37 Å². The van der Waals surface area contributed by atoms with Gasteiger partial charge in [-0.1, -0.05) is 22.0 Å². The number of aromatic nitrogens is 1. The molecule has 0 amide bonds. The molecule has 0 saturated heterocycles. The summed E-state index contributed by atoms with van der Waals surface area (Å²) in [5.74, 6) is 0.226. The van der Waals surface area contributed by atoms with E-state index < -0.39 is 0 Å². The number of rotatable bonds is 3. The second kappa shape index (κ2) is 4.57. The molecule has 2 nitrogen and oxygen atoms in total. The molecule has 0 spiro atoms. The van der Waals surface area contributed by atoms with Gasteiger partial charge in [0.1, 0.15) is 12.1 Å². The van der Waals surface area contributed by atoms with Crippen LogP contribution in [-0.4, -0.2) is 10.3 Å². The Bertz CT molecular complexity index is 442. The molecular weight excluding hydrogens is 261 g/mol. The van der Waals surface area contributed by atoms with E-state index in [1.807, 2.05) is 6.07 Å². The van der Waals surface area contributed by atoms with Crippen LogP contribution in [0.25, 0.3) is 11.5 Å². The molecule has 0 N–H and O–H groups in total. The maximum atomic E-state index is 13.5. The van der Waals surface area contributed by atoms with Crippen molar-refractivity contribution in [2.24, 2.45) is 0 Å². The number of halogens is 2. The minimum absolute atomic E-state index is 0.217. The molecule has 2 aromatic rings. The summed E-state index contributed by atoms with van der Waals surface area (Å²) in [6.07, 6.45) is 3.69. The zero-order valence-electron chi connectivity index (χ0n) is 7.91. The monoisotopic (exact) mass is 269 g/mol. The molecule has 0 radical (unpaired) electrons. The van der Waals surface area contributed by atoms with Gasteiger partial charge < -0.3 is 4.42 Å². The third-order valence-electron chi connectivity index (χ3n) is 2.10. The minimum Gasteiger partial charge on any atom is -0.445 e. The summed E-state index contributed by atoms with van der Waals surface area (Å²) >= 11 is 3.28. The molecule has 78 valence electrons. The lowest BCUT2D eigenvalue weighted by Crippen LogP contribution is -1.92. The highest BCUT2D eigenvalue weighted by atomic mass is 79.9. The normalized spacial score (nSPS) is 10.5. The third-order valence-corrected chi connectivity index (χ3v) is 2.49. The van der Waals surface area contributed by atoms with Gasteiger partial charge in [-0.2, -0.15) is 0 Å². The molecule has 15 heavy (non-hydrogen) atoms. The molecular formula is C11H9BrFNO. The van der Waals surface area contributed by atoms with Gasteiger partial charge in [-0.3, -0.25) is 0 Å². The van der Waals surface area contributed by atoms with Crippen molar-refractivity contribution in [1.29, 1.82) is 0 Å². The Morgan fingerprint density at radius 1 is 1.40 bits per heavy atom. The van der Waals surface area contributed by atoms with Crippen LogP contribution in [0, 0.1) is 5.82 Å². The molecule has 0 saturated carbocycles. The summed E-state index contributed by atoms with van der Waals surface area (Å²) in [7, 11) is 0. The van der Waals surface area contributed by atoms with Gasteiger partial charge in [0, 0.05) is 10.9 Å². The van der Waals surface area contributed by atoms with Crippen LogP contribution in [0.5, 0.6) is 0 Å². The van der Waals surface area contributed by atoms with Crippen LogP contribution in [0.1, 0.15) is 5.56 Å². The maximum Gasteiger partial charge on any atom is 0.225 e. The van der Waals surface area contributed by atoms with Crippen LogP contribution < -0.4 is 0 Å². The molecule has 0 fully saturated rings. The zero-order chi connectivity index (χ0) is 10.7. The first-order valence-corrected chi connectivity index (χ1v) is 5.67. The summed E-state index contributed by atoms with van der Waals surface area (Å²) < 4.78 is 18.6. The molecule has 0 unspecified atom stereocenters. The van der Waals surface area contributed by atoms with Gasteiger partial charge in [0.2, 0.25) is 5.89 Å². The quantitative estimate of drug-likeness (QED) is 0.799. The molecule has 0 bridgehead atoms. The highest BCUT2D eigenvalue weighted by molar-refractivity contribution is 9.09. The van der Waals surface area contributed by atoms with Crippen molar-refractivity contribution in [3.8, 4) is 11.5 Å². The number of hydrogen-bond donors (Lipinski definition) is 0. The van der Waals surface area contributed by atoms with Crippen LogP contribution in [-0.2, 0) is 6.42 Å². The molecule has 1 aromatic heterocycles. The van der Waals surface area contributed by atoms with Gasteiger partial charge in [0.25, 0.3) is 0 Å². The molecule has 4 heteroatoms. The highest BCUT2D eigenvalue weighted by Crippen LogP contribution is 2.20. The molecule has 2 rings (SSSR count). The Kier molecular flexibility index (Phi) is 3.16. The van der Waals surface area contributed by atoms with Gasteiger partial charge >= 0.3 is 0 Å². The topological polar surface area (TPSA) is 26.0 Å². The van der Waals surface area contributed by atoms with Gasteiger partial charge in [0.15, 0.2) is 0 Å². The molecule has 0 aliphatic carbocycles. The minimum atomic E-state index is -0.217. The number of oxazole rings is 1. The Morgan fingerprint density at radius 2 is 2.27 bits per heavy atom. The first-order chi connectivity index (χ1) is 7.31. The molecule has 1 aromatic carbocycles. The number of nitrogens with zero attached hydrogens (tertiary/aromatic N) is 1. The molecule has 0 aliphatic heterocycles. The predicted octanol–water partition coefficient (Wildman–Crippen LogP) is 3.42. The lowest BCUT2D eigenvalue weighted by atomic mass is 10.1. The number of alkyl halides is 1. The average molecular weight is 270 g/mol. The lowest BCUT2D eigenvalue weighted by Gasteiger charge is -2.02. The summed E-state index contributed by atoms with van der Waals surface area (Å²) in [4.78, 5) is 3.96. The van der Waals surface area contributed by atoms with Crippen LogP contribution in [0.2, 0.25) is 0 Å². The standard InChI is InChI=1S/C11H9BrFNO/c12-4-3-8-1-2-9(7-10(8)13)11-14-5-6-15-11/h1-2,5-7H,3-4H2. The SMILES string of the molecule is Fc1cc(-c2ncco2)ccc1CCBr. The summed E-state index contributed by atoms with van der Waals surface area (Å²) in [5.41, 5.74) is 1.36. The van der Waals surface area contributed by atoms with E-state index in [0.29, 0.717) is 23.4 Å². The van der Waals surface area contributed by atoms with E-state index in [1.54, 1.807) is 12.3 Å². The lowest BCUT2D eigenvalue weighted by molar-refractivity contribution is 0.571. The molecule has 0 atom stereocenters. The predicted molar refractivity (Wildman–Crippen MR) is 59.4 cm³/mol. The Morgan fingerprint density at radius 3 is 2.87 bits per heavy atom. The molecule has 1 heterocycles. The van der Waals surface area contributed by atoms with Crippen molar-refractivity contribution < 1.29 is 8.81 Å². The third kappa shape index (κ3) is 2.26. The van der Waals surface area contributed by atoms with Gasteiger partial charge in [-0.05, 0) is 24.1 Å². The fraction of sp³-hybridized carbons (Fsp3) is 0.182. The van der Waals surface area contributed by atoms with Crippen LogP contribution >= 0.6 is 15.9 Å². The highest BCUT2D eigenvalue weighted by Gasteiger charge is 2.07. The maximum absolute atomic E-state index is 13.5. The smallest absolute Gasteiger partial charge is 0.225 e. The average Bonchev–Trinajstić information content (AvgIpc) is 2.74. The van der Waals surface area contributed by atoms with E-state index >= 15 is 0 Å². The largest absolute Gasteiger partial charge is 0.445 e. The van der Waals surface area contributed by atoms with Crippen molar-refractivity contribution in [1.82, 2.24) is 4.98 Å². The zero-order valence-corrected chi connectivity index (χ0v) is 9.50. The second-order valence-electron chi connectivity index (χ2n) is 3.08. The van der Waals surface area contributed by atoms with Crippen molar-refractivity contribution in [3.05, 3.63) is 42.0 Å². The van der Waals surface area contributed by atoms with Crippen molar-refractivity contribution >= 4 is 15.9 Å². The fourth-order valence-electron chi connectivity index (χ4n) is 1.35. The van der Waals surface area contributed by atoms with Crippen LogP contribution in [0.15, 0.2) is 35.1 Å². The number of benzene rings is 1. The van der Waals surface area contributed by atoms with E-state index in [0.717, 1.165) is 5.33 Å². The van der Waals surface area contributed by atoms with Crippen LogP contribution in [0.3, 0.4) is 0 Å². The van der Waals surface area contributed by atoms with Crippen molar-refractivity contribution in [3.63, 3.8) is 0 Å². The second-order valence-corrected chi connectivity index (χ2v) is 3.88. The first-order valence-electron chi connectivity index (χ1n) is 4.55. The summed E-state index contributed by atoms with van der Waals surface area (Å²) in [6.45, 7) is 0. The Labute approximate surface area is 95.3 Å². The van der Waals surface area contributed by atoms with E-state index in [2.05, 4.69) is 20.9 Å². The first kappa shape index (κ1) is 10.4. The number of aryl methyl sites for hydroxylation is 1. The summed E-state index contributed by atoms with van der Waals surface area (Å²) in [6, 6.07) is 5.02. The van der Waals surface area contributed by atoms with Gasteiger partial charge in [0.05, 0.1) is 6.20 Å². The summed E-state index contributed by atoms with van der Waals surface area (Å²) in [5, 5.41) is 0.752.